The van der Waals surface area contributed by atoms with E-state index in [0.717, 1.165) is 9.87 Å². The molecule has 0 heterocycles. The number of anilines is 1. The first-order chi connectivity index (χ1) is 18.0. The summed E-state index contributed by atoms with van der Waals surface area (Å²) in [7, 11) is -2.70. The first kappa shape index (κ1) is 29.8. The van der Waals surface area contributed by atoms with Crippen LogP contribution in [0.15, 0.2) is 71.6 Å². The highest BCUT2D eigenvalue weighted by Crippen LogP contribution is 2.29. The second-order valence-corrected chi connectivity index (χ2v) is 11.7. The van der Waals surface area contributed by atoms with Crippen molar-refractivity contribution in [1.82, 2.24) is 10.2 Å². The first-order valence-corrected chi connectivity index (χ1v) is 14.4. The lowest BCUT2D eigenvalue weighted by atomic mass is 10.1. The van der Waals surface area contributed by atoms with Gasteiger partial charge < -0.3 is 10.2 Å². The van der Waals surface area contributed by atoms with Crippen LogP contribution in [0.5, 0.6) is 0 Å². The number of rotatable bonds is 10. The number of nitrogens with one attached hydrogen (secondary N) is 1. The predicted octanol–water partition coefficient (Wildman–Crippen LogP) is 5.70. The van der Waals surface area contributed by atoms with Crippen molar-refractivity contribution in [3.05, 3.63) is 92.9 Å². The van der Waals surface area contributed by atoms with Gasteiger partial charge >= 0.3 is 0 Å². The Bertz CT molecular complexity index is 1420. The molecule has 3 rings (SSSR count). The molecule has 0 fully saturated rings. The van der Waals surface area contributed by atoms with Crippen molar-refractivity contribution in [2.24, 2.45) is 0 Å². The normalized spacial score (nSPS) is 12.1. The topological polar surface area (TPSA) is 86.8 Å². The lowest BCUT2D eigenvalue weighted by Crippen LogP contribution is -2.51. The Balaban J connectivity index is 2.09. The Morgan fingerprint density at radius 2 is 1.63 bits per heavy atom. The standard InChI is InChI=1S/C27H28Cl3N3O4S/c1-4-25(27(35)31-3)32(16-19-11-12-20(28)14-24(19)30)26(34)17-33(21-13-10-18(2)23(29)15-21)38(36,37)22-8-6-5-7-9-22/h5-15,25H,4,16-17H2,1-3H3,(H,31,35)/t25-/m0/s1. The van der Waals surface area contributed by atoms with E-state index in [1.54, 1.807) is 62.4 Å². The van der Waals surface area contributed by atoms with Crippen LogP contribution in [0.25, 0.3) is 0 Å². The lowest BCUT2D eigenvalue weighted by Gasteiger charge is -2.33. The fraction of sp³-hybridized carbons (Fsp3) is 0.259. The molecule has 0 saturated carbocycles. The van der Waals surface area contributed by atoms with Crippen LogP contribution in [0.3, 0.4) is 0 Å². The van der Waals surface area contributed by atoms with E-state index in [0.29, 0.717) is 27.1 Å². The third-order valence-corrected chi connectivity index (χ3v) is 8.82. The largest absolute Gasteiger partial charge is 0.357 e. The van der Waals surface area contributed by atoms with Gasteiger partial charge in [-0.25, -0.2) is 8.42 Å². The molecular formula is C27H28Cl3N3O4S. The zero-order chi connectivity index (χ0) is 28.0. The SMILES string of the molecule is CC[C@@H](C(=O)NC)N(Cc1ccc(Cl)cc1Cl)C(=O)CN(c1ccc(C)c(Cl)c1)S(=O)(=O)c1ccccc1. The maximum Gasteiger partial charge on any atom is 0.264 e. The number of aryl methyl sites for hydroxylation is 1. The van der Waals surface area contributed by atoms with Gasteiger partial charge in [0.05, 0.1) is 10.6 Å². The molecule has 11 heteroatoms. The number of carbonyl (C=O) groups is 2. The van der Waals surface area contributed by atoms with Gasteiger partial charge in [-0.05, 0) is 60.9 Å². The summed E-state index contributed by atoms with van der Waals surface area (Å²) in [5.41, 5.74) is 1.53. The van der Waals surface area contributed by atoms with E-state index in [1.165, 1.54) is 30.1 Å². The smallest absolute Gasteiger partial charge is 0.264 e. The number of carbonyl (C=O) groups excluding carboxylic acids is 2. The Morgan fingerprint density at radius 1 is 0.947 bits per heavy atom. The summed E-state index contributed by atoms with van der Waals surface area (Å²) in [6, 6.07) is 16.5. The highest BCUT2D eigenvalue weighted by atomic mass is 35.5. The van der Waals surface area contributed by atoms with Crippen LogP contribution in [0, 0.1) is 6.92 Å². The summed E-state index contributed by atoms with van der Waals surface area (Å²) in [6.45, 7) is 2.95. The Morgan fingerprint density at radius 3 is 2.21 bits per heavy atom. The molecule has 1 N–H and O–H groups in total. The van der Waals surface area contributed by atoms with Crippen molar-refractivity contribution in [2.75, 3.05) is 17.9 Å². The highest BCUT2D eigenvalue weighted by molar-refractivity contribution is 7.92. The molecular weight excluding hydrogens is 569 g/mol. The summed E-state index contributed by atoms with van der Waals surface area (Å²) in [6.07, 6.45) is 0.290. The monoisotopic (exact) mass is 595 g/mol. The van der Waals surface area contributed by atoms with Gasteiger partial charge in [0.2, 0.25) is 11.8 Å². The van der Waals surface area contributed by atoms with Crippen LogP contribution < -0.4 is 9.62 Å². The van der Waals surface area contributed by atoms with Gasteiger partial charge in [-0.3, -0.25) is 13.9 Å². The maximum absolute atomic E-state index is 13.9. The van der Waals surface area contributed by atoms with Gasteiger partial charge in [-0.2, -0.15) is 0 Å². The van der Waals surface area contributed by atoms with Gasteiger partial charge in [-0.15, -0.1) is 0 Å². The van der Waals surface area contributed by atoms with Crippen molar-refractivity contribution >= 4 is 62.3 Å². The Labute approximate surface area is 238 Å². The highest BCUT2D eigenvalue weighted by Gasteiger charge is 2.33. The molecule has 7 nitrogen and oxygen atoms in total. The van der Waals surface area contributed by atoms with Gasteiger partial charge in [0, 0.05) is 28.7 Å². The van der Waals surface area contributed by atoms with Crippen LogP contribution in [-0.2, 0) is 26.2 Å². The predicted molar refractivity (Wildman–Crippen MR) is 152 cm³/mol. The number of sulfonamides is 1. The molecule has 0 radical (unpaired) electrons. The van der Waals surface area contributed by atoms with E-state index < -0.39 is 28.5 Å². The molecule has 0 unspecified atom stereocenters. The maximum atomic E-state index is 13.9. The van der Waals surface area contributed by atoms with E-state index in [1.807, 2.05) is 0 Å². The van der Waals surface area contributed by atoms with Crippen molar-refractivity contribution in [3.63, 3.8) is 0 Å². The molecule has 0 aromatic heterocycles. The van der Waals surface area contributed by atoms with Crippen LogP contribution in [0.2, 0.25) is 15.1 Å². The van der Waals surface area contributed by atoms with E-state index in [2.05, 4.69) is 5.32 Å². The molecule has 0 saturated heterocycles. The molecule has 202 valence electrons. The lowest BCUT2D eigenvalue weighted by molar-refractivity contribution is -0.140. The molecule has 3 aromatic rings. The Kier molecular flexibility index (Phi) is 10.1. The fourth-order valence-electron chi connectivity index (χ4n) is 3.90. The number of halogens is 3. The van der Waals surface area contributed by atoms with Crippen molar-refractivity contribution in [2.45, 2.75) is 37.8 Å². The van der Waals surface area contributed by atoms with E-state index in [9.17, 15) is 18.0 Å². The van der Waals surface area contributed by atoms with Gasteiger partial charge in [0.15, 0.2) is 0 Å². The second-order valence-electron chi connectivity index (χ2n) is 8.55. The summed E-state index contributed by atoms with van der Waals surface area (Å²) in [5.74, 6) is -0.982. The van der Waals surface area contributed by atoms with Crippen molar-refractivity contribution in [3.8, 4) is 0 Å². The molecule has 3 aromatic carbocycles. The fourth-order valence-corrected chi connectivity index (χ4v) is 5.97. The number of benzene rings is 3. The van der Waals surface area contributed by atoms with Gasteiger partial charge in [0.1, 0.15) is 12.6 Å². The zero-order valence-corrected chi connectivity index (χ0v) is 24.2. The van der Waals surface area contributed by atoms with Crippen molar-refractivity contribution < 1.29 is 18.0 Å². The summed E-state index contributed by atoms with van der Waals surface area (Å²) < 4.78 is 28.5. The van der Waals surface area contributed by atoms with E-state index >= 15 is 0 Å². The van der Waals surface area contributed by atoms with Crippen molar-refractivity contribution in [1.29, 1.82) is 0 Å². The van der Waals surface area contributed by atoms with Crippen LogP contribution in [-0.4, -0.2) is 44.8 Å². The number of likely N-dealkylation sites (N-methyl/N-ethyl adjacent to an activating group) is 1. The minimum Gasteiger partial charge on any atom is -0.357 e. The molecule has 38 heavy (non-hydrogen) atoms. The second kappa shape index (κ2) is 12.8. The van der Waals surface area contributed by atoms with Crippen LogP contribution in [0.4, 0.5) is 5.69 Å². The average Bonchev–Trinajstić information content (AvgIpc) is 2.90. The van der Waals surface area contributed by atoms with Gasteiger partial charge in [-0.1, -0.05) is 72.1 Å². The van der Waals surface area contributed by atoms with Crippen LogP contribution in [0.1, 0.15) is 24.5 Å². The minimum absolute atomic E-state index is 0.00939. The number of hydrogen-bond donors (Lipinski definition) is 1. The number of hydrogen-bond acceptors (Lipinski definition) is 4. The molecule has 0 aliphatic carbocycles. The summed E-state index contributed by atoms with van der Waals surface area (Å²) in [4.78, 5) is 28.0. The molecule has 0 aliphatic heterocycles. The minimum atomic E-state index is -4.17. The van der Waals surface area contributed by atoms with E-state index in [4.69, 9.17) is 34.8 Å². The molecule has 1 atom stereocenters. The average molecular weight is 597 g/mol. The quantitative estimate of drug-likeness (QED) is 0.325. The summed E-state index contributed by atoms with van der Waals surface area (Å²) >= 11 is 18.7. The molecule has 0 spiro atoms. The third kappa shape index (κ3) is 6.80. The third-order valence-electron chi connectivity index (χ3n) is 6.04. The molecule has 0 aliphatic rings. The van der Waals surface area contributed by atoms with E-state index in [-0.39, 0.29) is 23.0 Å². The first-order valence-electron chi connectivity index (χ1n) is 11.8. The van der Waals surface area contributed by atoms with Crippen LogP contribution >= 0.6 is 34.8 Å². The number of nitrogens with zero attached hydrogens (tertiary/aromatic N) is 2. The van der Waals surface area contributed by atoms with Gasteiger partial charge in [0.25, 0.3) is 10.0 Å². The molecule has 2 amide bonds. The molecule has 0 bridgehead atoms. The number of amides is 2. The zero-order valence-electron chi connectivity index (χ0n) is 21.1. The Hall–Kier alpha value is -2.78. The summed E-state index contributed by atoms with van der Waals surface area (Å²) in [5, 5.41) is 3.67.